The molecule has 0 spiro atoms. The van der Waals surface area contributed by atoms with Crippen LogP contribution in [0.15, 0.2) is 29.6 Å². The molecule has 17 heavy (non-hydrogen) atoms. The molecule has 0 aliphatic heterocycles. The predicted molar refractivity (Wildman–Crippen MR) is 69.0 cm³/mol. The van der Waals surface area contributed by atoms with Gasteiger partial charge in [0, 0.05) is 23.6 Å². The van der Waals surface area contributed by atoms with Crippen LogP contribution in [0, 0.1) is 5.82 Å². The number of nitrogens with two attached hydrogens (primary N) is 1. The molecule has 0 saturated heterocycles. The van der Waals surface area contributed by atoms with Gasteiger partial charge in [0.15, 0.2) is 11.6 Å². The number of anilines is 2. The first-order chi connectivity index (χ1) is 8.20. The number of methoxy groups -OCH3 is 1. The average Bonchev–Trinajstić information content (AvgIpc) is 2.81. The highest BCUT2D eigenvalue weighted by molar-refractivity contribution is 7.09. The maximum Gasteiger partial charge on any atom is 0.167 e. The van der Waals surface area contributed by atoms with Crippen LogP contribution >= 0.6 is 11.3 Å². The van der Waals surface area contributed by atoms with E-state index in [4.69, 9.17) is 10.5 Å². The van der Waals surface area contributed by atoms with Crippen LogP contribution in [0.5, 0.6) is 5.75 Å². The standard InChI is InChI=1S/C12H13FN2OS/c1-16-12-6-11(10(14)5-9(12)13)15-7-8-3-2-4-17-8/h2-6,15H,7,14H2,1H3. The van der Waals surface area contributed by atoms with Gasteiger partial charge in [0.25, 0.3) is 0 Å². The lowest BCUT2D eigenvalue weighted by atomic mass is 10.2. The number of hydrogen-bond donors (Lipinski definition) is 2. The normalized spacial score (nSPS) is 10.2. The van der Waals surface area contributed by atoms with Gasteiger partial charge in [0.1, 0.15) is 0 Å². The minimum absolute atomic E-state index is 0.188. The van der Waals surface area contributed by atoms with E-state index in [1.54, 1.807) is 17.4 Å². The highest BCUT2D eigenvalue weighted by Gasteiger charge is 2.08. The van der Waals surface area contributed by atoms with E-state index >= 15 is 0 Å². The van der Waals surface area contributed by atoms with Gasteiger partial charge >= 0.3 is 0 Å². The van der Waals surface area contributed by atoms with E-state index in [1.165, 1.54) is 18.1 Å². The lowest BCUT2D eigenvalue weighted by Gasteiger charge is -2.11. The van der Waals surface area contributed by atoms with Crippen molar-refractivity contribution < 1.29 is 9.13 Å². The molecule has 0 aliphatic rings. The van der Waals surface area contributed by atoms with Crippen molar-refractivity contribution in [3.63, 3.8) is 0 Å². The fourth-order valence-corrected chi connectivity index (χ4v) is 2.12. The summed E-state index contributed by atoms with van der Waals surface area (Å²) in [5, 5.41) is 5.16. The molecule has 0 radical (unpaired) electrons. The third-order valence-electron chi connectivity index (χ3n) is 2.36. The zero-order chi connectivity index (χ0) is 12.3. The molecule has 1 aromatic heterocycles. The first-order valence-electron chi connectivity index (χ1n) is 5.10. The Morgan fingerprint density at radius 1 is 1.47 bits per heavy atom. The second kappa shape index (κ2) is 5.05. The van der Waals surface area contributed by atoms with Gasteiger partial charge in [-0.05, 0) is 11.4 Å². The average molecular weight is 252 g/mol. The second-order valence-corrected chi connectivity index (χ2v) is 4.54. The van der Waals surface area contributed by atoms with E-state index in [1.807, 2.05) is 17.5 Å². The molecule has 2 aromatic rings. The van der Waals surface area contributed by atoms with Gasteiger partial charge in [0.05, 0.1) is 18.5 Å². The molecule has 90 valence electrons. The molecule has 3 nitrogen and oxygen atoms in total. The molecule has 0 amide bonds. The number of hydrogen-bond acceptors (Lipinski definition) is 4. The highest BCUT2D eigenvalue weighted by Crippen LogP contribution is 2.28. The quantitative estimate of drug-likeness (QED) is 0.822. The minimum atomic E-state index is -0.452. The number of nitrogens with one attached hydrogen (secondary N) is 1. The van der Waals surface area contributed by atoms with Crippen molar-refractivity contribution in [1.29, 1.82) is 0 Å². The van der Waals surface area contributed by atoms with E-state index in [2.05, 4.69) is 5.32 Å². The zero-order valence-electron chi connectivity index (χ0n) is 9.37. The van der Waals surface area contributed by atoms with Crippen molar-refractivity contribution in [1.82, 2.24) is 0 Å². The number of benzene rings is 1. The number of halogens is 1. The molecular weight excluding hydrogens is 239 g/mol. The lowest BCUT2D eigenvalue weighted by molar-refractivity contribution is 0.387. The van der Waals surface area contributed by atoms with Crippen LogP contribution in [0.4, 0.5) is 15.8 Å². The van der Waals surface area contributed by atoms with Gasteiger partial charge in [-0.3, -0.25) is 0 Å². The largest absolute Gasteiger partial charge is 0.494 e. The smallest absolute Gasteiger partial charge is 0.167 e. The van der Waals surface area contributed by atoms with Gasteiger partial charge in [-0.15, -0.1) is 11.3 Å². The minimum Gasteiger partial charge on any atom is -0.494 e. The van der Waals surface area contributed by atoms with Crippen molar-refractivity contribution in [3.05, 3.63) is 40.3 Å². The van der Waals surface area contributed by atoms with Gasteiger partial charge in [-0.2, -0.15) is 0 Å². The molecule has 1 aromatic carbocycles. The number of nitrogen functional groups attached to an aromatic ring is 1. The molecule has 0 aliphatic carbocycles. The summed E-state index contributed by atoms with van der Waals surface area (Å²) in [6.45, 7) is 0.663. The van der Waals surface area contributed by atoms with Gasteiger partial charge in [0.2, 0.25) is 0 Å². The summed E-state index contributed by atoms with van der Waals surface area (Å²) in [6.07, 6.45) is 0. The topological polar surface area (TPSA) is 47.3 Å². The Bertz CT molecular complexity index is 499. The van der Waals surface area contributed by atoms with E-state index < -0.39 is 5.82 Å². The number of rotatable bonds is 4. The number of ether oxygens (including phenoxy) is 1. The molecule has 1 heterocycles. The summed E-state index contributed by atoms with van der Waals surface area (Å²) in [4.78, 5) is 1.19. The van der Waals surface area contributed by atoms with E-state index in [9.17, 15) is 4.39 Å². The Morgan fingerprint density at radius 2 is 2.29 bits per heavy atom. The summed E-state index contributed by atoms with van der Waals surface area (Å²) >= 11 is 1.65. The first-order valence-corrected chi connectivity index (χ1v) is 5.98. The maximum absolute atomic E-state index is 13.3. The highest BCUT2D eigenvalue weighted by atomic mass is 32.1. The van der Waals surface area contributed by atoms with Crippen molar-refractivity contribution >= 4 is 22.7 Å². The van der Waals surface area contributed by atoms with E-state index in [-0.39, 0.29) is 5.75 Å². The van der Waals surface area contributed by atoms with E-state index in [0.29, 0.717) is 17.9 Å². The summed E-state index contributed by atoms with van der Waals surface area (Å²) in [5.41, 5.74) is 6.78. The summed E-state index contributed by atoms with van der Waals surface area (Å²) in [7, 11) is 1.43. The Morgan fingerprint density at radius 3 is 2.94 bits per heavy atom. The summed E-state index contributed by atoms with van der Waals surface area (Å²) in [5.74, 6) is -0.264. The van der Waals surface area contributed by atoms with Crippen molar-refractivity contribution in [2.24, 2.45) is 0 Å². The van der Waals surface area contributed by atoms with Crippen LogP contribution in [-0.4, -0.2) is 7.11 Å². The van der Waals surface area contributed by atoms with Crippen LogP contribution < -0.4 is 15.8 Å². The first kappa shape index (κ1) is 11.7. The molecular formula is C12H13FN2OS. The van der Waals surface area contributed by atoms with E-state index in [0.717, 1.165) is 0 Å². The summed E-state index contributed by atoms with van der Waals surface area (Å²) in [6, 6.07) is 6.83. The maximum atomic E-state index is 13.3. The van der Waals surface area contributed by atoms with Gasteiger partial charge in [-0.1, -0.05) is 6.07 Å². The third kappa shape index (κ3) is 2.68. The second-order valence-electron chi connectivity index (χ2n) is 3.51. The molecule has 0 bridgehead atoms. The van der Waals surface area contributed by atoms with Crippen molar-refractivity contribution in [2.75, 3.05) is 18.2 Å². The van der Waals surface area contributed by atoms with Crippen LogP contribution in [0.2, 0.25) is 0 Å². The molecule has 5 heteroatoms. The van der Waals surface area contributed by atoms with Crippen molar-refractivity contribution in [2.45, 2.75) is 6.54 Å². The van der Waals surface area contributed by atoms with Gasteiger partial charge in [-0.25, -0.2) is 4.39 Å². The van der Waals surface area contributed by atoms with Crippen LogP contribution in [0.3, 0.4) is 0 Å². The Hall–Kier alpha value is -1.75. The monoisotopic (exact) mass is 252 g/mol. The predicted octanol–water partition coefficient (Wildman–Crippen LogP) is 3.09. The lowest BCUT2D eigenvalue weighted by Crippen LogP contribution is -2.02. The SMILES string of the molecule is COc1cc(NCc2cccs2)c(N)cc1F. The van der Waals surface area contributed by atoms with Gasteiger partial charge < -0.3 is 15.8 Å². The third-order valence-corrected chi connectivity index (χ3v) is 3.23. The van der Waals surface area contributed by atoms with Crippen LogP contribution in [-0.2, 0) is 6.54 Å². The van der Waals surface area contributed by atoms with Crippen molar-refractivity contribution in [3.8, 4) is 5.75 Å². The molecule has 0 fully saturated rings. The van der Waals surface area contributed by atoms with Crippen LogP contribution in [0.25, 0.3) is 0 Å². The molecule has 0 saturated carbocycles. The Labute approximate surface area is 103 Å². The zero-order valence-corrected chi connectivity index (χ0v) is 10.2. The molecule has 0 unspecified atom stereocenters. The summed E-state index contributed by atoms with van der Waals surface area (Å²) < 4.78 is 18.2. The fraction of sp³-hybridized carbons (Fsp3) is 0.167. The Kier molecular flexibility index (Phi) is 3.49. The molecule has 3 N–H and O–H groups in total. The molecule has 2 rings (SSSR count). The fourth-order valence-electron chi connectivity index (χ4n) is 1.47. The molecule has 0 atom stereocenters. The number of thiophene rings is 1. The Balaban J connectivity index is 2.15. The van der Waals surface area contributed by atoms with Crippen LogP contribution in [0.1, 0.15) is 4.88 Å².